The van der Waals surface area contributed by atoms with Gasteiger partial charge in [-0.3, -0.25) is 9.59 Å². The number of nitrogens with one attached hydrogen (secondary N) is 1. The van der Waals surface area contributed by atoms with Gasteiger partial charge in [0, 0.05) is 27.1 Å². The van der Waals surface area contributed by atoms with Crippen molar-refractivity contribution in [3.63, 3.8) is 0 Å². The molecule has 0 aliphatic carbocycles. The van der Waals surface area contributed by atoms with E-state index >= 15 is 0 Å². The van der Waals surface area contributed by atoms with Crippen LogP contribution >= 0.6 is 0 Å². The number of aryl methyl sites for hydroxylation is 1. The zero-order valence-corrected chi connectivity index (χ0v) is 14.2. The van der Waals surface area contributed by atoms with Gasteiger partial charge in [-0.2, -0.15) is 13.2 Å². The van der Waals surface area contributed by atoms with Crippen LogP contribution in [0.25, 0.3) is 11.0 Å². The van der Waals surface area contributed by atoms with Crippen molar-refractivity contribution in [2.45, 2.75) is 32.1 Å². The molecule has 7 nitrogen and oxygen atoms in total. The highest BCUT2D eigenvalue weighted by molar-refractivity contribution is 5.87. The van der Waals surface area contributed by atoms with Crippen LogP contribution in [-0.2, 0) is 23.2 Å². The zero-order valence-electron chi connectivity index (χ0n) is 14.2. The van der Waals surface area contributed by atoms with Crippen molar-refractivity contribution in [3.05, 3.63) is 23.8 Å². The molecule has 2 heterocycles. The Hall–Kier alpha value is -2.65. The molecule has 1 N–H and O–H groups in total. The van der Waals surface area contributed by atoms with E-state index in [4.69, 9.17) is 0 Å². The molecule has 2 atom stereocenters. The molecular weight excluding hydrogens is 351 g/mol. The Balaban J connectivity index is 1.68. The molecule has 0 spiro atoms. The molecule has 1 saturated heterocycles. The third-order valence-corrected chi connectivity index (χ3v) is 4.61. The fourth-order valence-electron chi connectivity index (χ4n) is 3.17. The molecule has 10 heteroatoms. The van der Waals surface area contributed by atoms with Crippen LogP contribution in [0.1, 0.15) is 18.9 Å². The molecule has 1 aliphatic heterocycles. The minimum atomic E-state index is -4.43. The molecule has 1 aromatic heterocycles. The van der Waals surface area contributed by atoms with Gasteiger partial charge in [0.05, 0.1) is 11.4 Å². The first-order valence-electron chi connectivity index (χ1n) is 8.06. The summed E-state index contributed by atoms with van der Waals surface area (Å²) in [4.78, 5) is 25.0. The van der Waals surface area contributed by atoms with Gasteiger partial charge < -0.3 is 10.2 Å². The molecule has 3 rings (SSSR count). The van der Waals surface area contributed by atoms with Gasteiger partial charge in [0.25, 0.3) is 0 Å². The zero-order chi connectivity index (χ0) is 19.1. The van der Waals surface area contributed by atoms with Gasteiger partial charge in [-0.25, -0.2) is 4.68 Å². The molecule has 26 heavy (non-hydrogen) atoms. The molecular formula is C16H18F3N5O2. The fourth-order valence-corrected chi connectivity index (χ4v) is 3.17. The summed E-state index contributed by atoms with van der Waals surface area (Å²) in [7, 11) is 1.75. The minimum absolute atomic E-state index is 0.129. The smallest absolute Gasteiger partial charge is 0.350 e. The summed E-state index contributed by atoms with van der Waals surface area (Å²) in [5.74, 6) is -2.82. The number of hydrogen-bond donors (Lipinski definition) is 1. The summed E-state index contributed by atoms with van der Waals surface area (Å²) in [5.41, 5.74) is 2.22. The first-order valence-corrected chi connectivity index (χ1v) is 8.06. The summed E-state index contributed by atoms with van der Waals surface area (Å²) >= 11 is 0. The lowest BCUT2D eigenvalue weighted by Gasteiger charge is -2.22. The summed E-state index contributed by atoms with van der Waals surface area (Å²) in [6.45, 7) is 0.813. The molecule has 140 valence electrons. The number of hydrogen-bond acceptors (Lipinski definition) is 4. The molecule has 0 radical (unpaired) electrons. The van der Waals surface area contributed by atoms with E-state index in [1.807, 2.05) is 0 Å². The highest BCUT2D eigenvalue weighted by Gasteiger charge is 2.50. The number of carbonyl (C=O) groups is 2. The van der Waals surface area contributed by atoms with E-state index in [0.29, 0.717) is 5.52 Å². The topological polar surface area (TPSA) is 80.1 Å². The summed E-state index contributed by atoms with van der Waals surface area (Å²) in [6, 6.07) is 4.22. The Morgan fingerprint density at radius 2 is 2.08 bits per heavy atom. The summed E-state index contributed by atoms with van der Waals surface area (Å²) in [6.07, 6.45) is -4.85. The number of rotatable bonds is 3. The van der Waals surface area contributed by atoms with Crippen LogP contribution in [0.4, 0.5) is 13.2 Å². The number of carbonyl (C=O) groups excluding carboxylic acids is 2. The second kappa shape index (κ2) is 6.58. The van der Waals surface area contributed by atoms with Crippen LogP contribution in [0.3, 0.4) is 0 Å². The maximum Gasteiger partial charge on any atom is 0.393 e. The fraction of sp³-hybridized carbons (Fsp3) is 0.500. The Morgan fingerprint density at radius 3 is 2.73 bits per heavy atom. The molecule has 1 aliphatic rings. The van der Waals surface area contributed by atoms with Gasteiger partial charge in [0.1, 0.15) is 11.6 Å². The van der Waals surface area contributed by atoms with Gasteiger partial charge in [0.2, 0.25) is 11.8 Å². The predicted molar refractivity (Wildman–Crippen MR) is 85.7 cm³/mol. The highest BCUT2D eigenvalue weighted by atomic mass is 19.4. The Labute approximate surface area is 147 Å². The van der Waals surface area contributed by atoms with Crippen molar-refractivity contribution < 1.29 is 22.8 Å². The van der Waals surface area contributed by atoms with Crippen molar-refractivity contribution in [2.24, 2.45) is 13.0 Å². The number of nitrogens with zero attached hydrogens (tertiary/aromatic N) is 4. The van der Waals surface area contributed by atoms with Crippen LogP contribution < -0.4 is 5.32 Å². The monoisotopic (exact) mass is 369 g/mol. The lowest BCUT2D eigenvalue weighted by Crippen LogP contribution is -2.44. The number of amides is 2. The second-order valence-corrected chi connectivity index (χ2v) is 6.42. The number of aromatic nitrogens is 3. The number of halogens is 3. The lowest BCUT2D eigenvalue weighted by atomic mass is 10.0. The maximum atomic E-state index is 13.0. The Kier molecular flexibility index (Phi) is 4.59. The van der Waals surface area contributed by atoms with Crippen LogP contribution in [0.15, 0.2) is 18.2 Å². The van der Waals surface area contributed by atoms with Crippen molar-refractivity contribution in [2.75, 3.05) is 6.54 Å². The molecule has 0 unspecified atom stereocenters. The second-order valence-electron chi connectivity index (χ2n) is 6.42. The molecule has 0 bridgehead atoms. The molecule has 1 aromatic carbocycles. The number of likely N-dealkylation sites (tertiary alicyclic amines) is 1. The van der Waals surface area contributed by atoms with Crippen LogP contribution in [0, 0.1) is 5.92 Å². The summed E-state index contributed by atoms with van der Waals surface area (Å²) in [5, 5.41) is 10.5. The quantitative estimate of drug-likeness (QED) is 0.887. The van der Waals surface area contributed by atoms with Gasteiger partial charge in [-0.1, -0.05) is 11.3 Å². The average molecular weight is 369 g/mol. The van der Waals surface area contributed by atoms with Crippen LogP contribution in [0.2, 0.25) is 0 Å². The first kappa shape index (κ1) is 18.2. The van der Waals surface area contributed by atoms with Gasteiger partial charge in [-0.05, 0) is 24.1 Å². The predicted octanol–water partition coefficient (Wildman–Crippen LogP) is 1.38. The number of fused-ring (bicyclic) bond motifs is 1. The SMILES string of the molecule is CC(=O)N1C[C@@H](C(F)(F)F)C[C@H]1C(=O)NCc1ccc2c(c1)nnn2C. The van der Waals surface area contributed by atoms with Crippen LogP contribution in [-0.4, -0.2) is 50.5 Å². The number of benzene rings is 1. The van der Waals surface area contributed by atoms with Crippen molar-refractivity contribution in [1.82, 2.24) is 25.2 Å². The molecule has 1 fully saturated rings. The highest BCUT2D eigenvalue weighted by Crippen LogP contribution is 2.36. The third kappa shape index (κ3) is 3.49. The Bertz CT molecular complexity index is 848. The van der Waals surface area contributed by atoms with E-state index in [2.05, 4.69) is 15.6 Å². The van der Waals surface area contributed by atoms with E-state index < -0.39 is 42.9 Å². The van der Waals surface area contributed by atoms with E-state index in [0.717, 1.165) is 16.0 Å². The van der Waals surface area contributed by atoms with Crippen molar-refractivity contribution in [3.8, 4) is 0 Å². The minimum Gasteiger partial charge on any atom is -0.350 e. The molecule has 0 saturated carbocycles. The molecule has 2 aromatic rings. The van der Waals surface area contributed by atoms with E-state index in [-0.39, 0.29) is 6.54 Å². The maximum absolute atomic E-state index is 13.0. The first-order chi connectivity index (χ1) is 12.2. The normalized spacial score (nSPS) is 20.6. The third-order valence-electron chi connectivity index (χ3n) is 4.61. The van der Waals surface area contributed by atoms with Crippen molar-refractivity contribution in [1.29, 1.82) is 0 Å². The van der Waals surface area contributed by atoms with Gasteiger partial charge in [0.15, 0.2) is 0 Å². The van der Waals surface area contributed by atoms with Gasteiger partial charge in [-0.15, -0.1) is 5.10 Å². The summed E-state index contributed by atoms with van der Waals surface area (Å²) < 4.78 is 40.5. The van der Waals surface area contributed by atoms with E-state index in [9.17, 15) is 22.8 Å². The van der Waals surface area contributed by atoms with E-state index in [1.54, 1.807) is 29.9 Å². The number of alkyl halides is 3. The van der Waals surface area contributed by atoms with Crippen LogP contribution in [0.5, 0.6) is 0 Å². The largest absolute Gasteiger partial charge is 0.393 e. The average Bonchev–Trinajstić information content (AvgIpc) is 3.17. The van der Waals surface area contributed by atoms with Crippen molar-refractivity contribution >= 4 is 22.8 Å². The lowest BCUT2D eigenvalue weighted by molar-refractivity contribution is -0.171. The Morgan fingerprint density at radius 1 is 1.35 bits per heavy atom. The van der Waals surface area contributed by atoms with Gasteiger partial charge >= 0.3 is 6.18 Å². The standard InChI is InChI=1S/C16H18F3N5O2/c1-9(25)24-8-11(16(17,18)19)6-14(24)15(26)20-7-10-3-4-13-12(5-10)21-22-23(13)2/h3-5,11,14H,6-8H2,1-2H3,(H,20,26)/t11-,14-/m0/s1. The molecule has 2 amide bonds. The van der Waals surface area contributed by atoms with E-state index in [1.165, 1.54) is 6.92 Å².